The molecule has 0 aliphatic carbocycles. The molecule has 1 aromatic heterocycles. The van der Waals surface area contributed by atoms with Gasteiger partial charge in [0.15, 0.2) is 0 Å². The van der Waals surface area contributed by atoms with Crippen LogP contribution in [0.3, 0.4) is 0 Å². The summed E-state index contributed by atoms with van der Waals surface area (Å²) in [4.78, 5) is 55.7. The normalized spacial score (nSPS) is 13.1. The number of nitrogens with zero attached hydrogens (tertiary/aromatic N) is 1. The third-order valence-corrected chi connectivity index (χ3v) is 4.28. The van der Waals surface area contributed by atoms with E-state index in [-0.39, 0.29) is 23.3 Å². The number of nitrogens with one attached hydrogen (secondary N) is 3. The average molecular weight is 358 g/mol. The van der Waals surface area contributed by atoms with Gasteiger partial charge >= 0.3 is 18.7 Å². The van der Waals surface area contributed by atoms with Crippen LogP contribution in [0.1, 0.15) is 12.5 Å². The highest BCUT2D eigenvalue weighted by Crippen LogP contribution is 2.34. The minimum atomic E-state index is -4.21. The predicted octanol–water partition coefficient (Wildman–Crippen LogP) is -0.220. The van der Waals surface area contributed by atoms with E-state index in [9.17, 15) is 24.3 Å². The van der Waals surface area contributed by atoms with Gasteiger partial charge in [0.05, 0.1) is 22.1 Å². The number of rotatable bonds is 6. The predicted molar refractivity (Wildman–Crippen MR) is 85.1 cm³/mol. The van der Waals surface area contributed by atoms with Crippen molar-refractivity contribution in [3.63, 3.8) is 0 Å². The molecule has 2 aromatic rings. The van der Waals surface area contributed by atoms with Crippen molar-refractivity contribution in [2.24, 2.45) is 0 Å². The summed E-state index contributed by atoms with van der Waals surface area (Å²) >= 11 is 0. The number of non-ortho nitro benzene ring substituents is 1. The molecule has 0 radical (unpaired) electrons. The van der Waals surface area contributed by atoms with E-state index < -0.39 is 35.8 Å². The third kappa shape index (κ3) is 4.36. The highest BCUT2D eigenvalue weighted by molar-refractivity contribution is 7.51. The number of aromatic amines is 2. The van der Waals surface area contributed by atoms with Gasteiger partial charge in [0, 0.05) is 24.7 Å². The van der Waals surface area contributed by atoms with E-state index in [0.29, 0.717) is 5.56 Å². The molecule has 0 saturated heterocycles. The van der Waals surface area contributed by atoms with Crippen LogP contribution >= 0.6 is 7.60 Å². The Bertz CT molecular complexity index is 945. The van der Waals surface area contributed by atoms with E-state index in [4.69, 9.17) is 9.79 Å². The SMILES string of the molecule is C[C@H](CP(=O)(O)O)NCc1cc([N+](=O)[O-])cc2[nH]c(=O)c(=O)[nH]c12. The summed E-state index contributed by atoms with van der Waals surface area (Å²) < 4.78 is 11.0. The van der Waals surface area contributed by atoms with Gasteiger partial charge in [-0.05, 0) is 12.5 Å². The van der Waals surface area contributed by atoms with Crippen molar-refractivity contribution in [1.29, 1.82) is 0 Å². The fraction of sp³-hybridized carbons (Fsp3) is 0.333. The maximum Gasteiger partial charge on any atom is 0.327 e. The molecular weight excluding hydrogens is 343 g/mol. The number of hydrogen-bond acceptors (Lipinski definition) is 6. The van der Waals surface area contributed by atoms with Gasteiger partial charge in [-0.3, -0.25) is 24.3 Å². The van der Waals surface area contributed by atoms with Crippen LogP contribution in [0, 0.1) is 10.1 Å². The molecule has 0 amide bonds. The summed E-state index contributed by atoms with van der Waals surface area (Å²) in [5, 5.41) is 13.8. The third-order valence-electron chi connectivity index (χ3n) is 3.26. The monoisotopic (exact) mass is 358 g/mol. The van der Waals surface area contributed by atoms with E-state index in [2.05, 4.69) is 15.3 Å². The van der Waals surface area contributed by atoms with Crippen molar-refractivity contribution >= 4 is 24.3 Å². The molecule has 1 atom stereocenters. The van der Waals surface area contributed by atoms with Crippen molar-refractivity contribution in [3.05, 3.63) is 48.5 Å². The number of benzene rings is 1. The summed E-state index contributed by atoms with van der Waals surface area (Å²) in [6.45, 7) is 1.55. The quantitative estimate of drug-likeness (QED) is 0.203. The molecule has 12 heteroatoms. The van der Waals surface area contributed by atoms with Crippen LogP contribution in [0.5, 0.6) is 0 Å². The van der Waals surface area contributed by atoms with Crippen LogP contribution in [-0.2, 0) is 11.1 Å². The van der Waals surface area contributed by atoms with Gasteiger partial charge in [0.1, 0.15) is 0 Å². The Morgan fingerprint density at radius 3 is 2.50 bits per heavy atom. The lowest BCUT2D eigenvalue weighted by molar-refractivity contribution is -0.384. The Labute approximate surface area is 134 Å². The summed E-state index contributed by atoms with van der Waals surface area (Å²) in [7, 11) is -4.21. The van der Waals surface area contributed by atoms with Crippen molar-refractivity contribution < 1.29 is 19.3 Å². The molecule has 0 bridgehead atoms. The Hall–Kier alpha value is -2.33. The van der Waals surface area contributed by atoms with Crippen molar-refractivity contribution in [3.8, 4) is 0 Å². The van der Waals surface area contributed by atoms with Gasteiger partial charge in [0.2, 0.25) is 0 Å². The highest BCUT2D eigenvalue weighted by atomic mass is 31.2. The second kappa shape index (κ2) is 6.65. The van der Waals surface area contributed by atoms with Crippen molar-refractivity contribution in [2.75, 3.05) is 6.16 Å². The van der Waals surface area contributed by atoms with Crippen molar-refractivity contribution in [1.82, 2.24) is 15.3 Å². The molecule has 0 spiro atoms. The van der Waals surface area contributed by atoms with Crippen LogP contribution in [-0.4, -0.2) is 36.9 Å². The first-order valence-electron chi connectivity index (χ1n) is 6.78. The number of aromatic nitrogens is 2. The molecular formula is C12H15N4O7P. The van der Waals surface area contributed by atoms with E-state index in [0.717, 1.165) is 6.07 Å². The van der Waals surface area contributed by atoms with Gasteiger partial charge in [-0.25, -0.2) is 0 Å². The Morgan fingerprint density at radius 2 is 1.92 bits per heavy atom. The van der Waals surface area contributed by atoms with E-state index in [1.807, 2.05) is 0 Å². The number of nitro benzene ring substituents is 1. The second-order valence-corrected chi connectivity index (χ2v) is 7.02. The fourth-order valence-electron chi connectivity index (χ4n) is 2.23. The van der Waals surface area contributed by atoms with Gasteiger partial charge in [0.25, 0.3) is 5.69 Å². The molecule has 2 rings (SSSR count). The number of H-pyrrole nitrogens is 2. The molecule has 1 heterocycles. The summed E-state index contributed by atoms with van der Waals surface area (Å²) in [6, 6.07) is 1.76. The standard InChI is InChI=1S/C12H15N4O7P/c1-6(5-24(21,22)23)13-4-7-2-8(16(19)20)3-9-10(7)15-12(18)11(17)14-9/h2-3,6,13H,4-5H2,1H3,(H,14,17)(H,15,18)(H2,21,22,23)/t6-/m1/s1. The number of nitro groups is 1. The molecule has 5 N–H and O–H groups in total. The van der Waals surface area contributed by atoms with Crippen LogP contribution in [0.25, 0.3) is 11.0 Å². The molecule has 0 aliphatic heterocycles. The van der Waals surface area contributed by atoms with Crippen LogP contribution < -0.4 is 16.4 Å². The lowest BCUT2D eigenvalue weighted by Gasteiger charge is -2.15. The van der Waals surface area contributed by atoms with Gasteiger partial charge in [-0.2, -0.15) is 0 Å². The molecule has 11 nitrogen and oxygen atoms in total. The van der Waals surface area contributed by atoms with Gasteiger partial charge in [-0.1, -0.05) is 0 Å². The molecule has 0 fully saturated rings. The zero-order chi connectivity index (χ0) is 18.1. The van der Waals surface area contributed by atoms with E-state index >= 15 is 0 Å². The number of hydrogen-bond donors (Lipinski definition) is 5. The minimum absolute atomic E-state index is 0.00132. The van der Waals surface area contributed by atoms with Crippen LogP contribution in [0.4, 0.5) is 5.69 Å². The summed E-state index contributed by atoms with van der Waals surface area (Å²) in [5.74, 6) is 0. The van der Waals surface area contributed by atoms with Crippen molar-refractivity contribution in [2.45, 2.75) is 19.5 Å². The Kier molecular flexibility index (Phi) is 4.99. The highest BCUT2D eigenvalue weighted by Gasteiger charge is 2.19. The average Bonchev–Trinajstić information content (AvgIpc) is 2.44. The second-order valence-electron chi connectivity index (χ2n) is 5.32. The van der Waals surface area contributed by atoms with Gasteiger partial charge < -0.3 is 25.1 Å². The lowest BCUT2D eigenvalue weighted by atomic mass is 10.1. The summed E-state index contributed by atoms with van der Waals surface area (Å²) in [5.41, 5.74) is -1.51. The first kappa shape index (κ1) is 18.0. The first-order valence-corrected chi connectivity index (χ1v) is 8.58. The minimum Gasteiger partial charge on any atom is -0.324 e. The molecule has 1 aromatic carbocycles. The van der Waals surface area contributed by atoms with Crippen LogP contribution in [0.15, 0.2) is 21.7 Å². The summed E-state index contributed by atoms with van der Waals surface area (Å²) in [6.07, 6.45) is -0.410. The van der Waals surface area contributed by atoms with Crippen LogP contribution in [0.2, 0.25) is 0 Å². The maximum absolute atomic E-state index is 11.5. The molecule has 0 aliphatic rings. The molecule has 130 valence electrons. The van der Waals surface area contributed by atoms with E-state index in [1.165, 1.54) is 6.07 Å². The Balaban J connectivity index is 2.42. The largest absolute Gasteiger partial charge is 0.327 e. The zero-order valence-electron chi connectivity index (χ0n) is 12.5. The maximum atomic E-state index is 11.5. The number of fused-ring (bicyclic) bond motifs is 1. The smallest absolute Gasteiger partial charge is 0.324 e. The zero-order valence-corrected chi connectivity index (χ0v) is 13.4. The molecule has 0 unspecified atom stereocenters. The van der Waals surface area contributed by atoms with Gasteiger partial charge in [-0.15, -0.1) is 0 Å². The van der Waals surface area contributed by atoms with E-state index in [1.54, 1.807) is 6.92 Å². The fourth-order valence-corrected chi connectivity index (χ4v) is 3.07. The first-order chi connectivity index (χ1) is 11.1. The Morgan fingerprint density at radius 1 is 1.29 bits per heavy atom. The molecule has 24 heavy (non-hydrogen) atoms. The lowest BCUT2D eigenvalue weighted by Crippen LogP contribution is -2.31. The topological polar surface area (TPSA) is 178 Å². The molecule has 0 saturated carbocycles.